The molecular weight excluding hydrogens is 497 g/mol. The Labute approximate surface area is 192 Å². The average molecular weight is 515 g/mol. The topological polar surface area (TPSA) is 83.5 Å². The quantitative estimate of drug-likeness (QED) is 0.577. The molecule has 0 aromatic heterocycles. The number of sulfonamides is 1. The Morgan fingerprint density at radius 2 is 1.54 bits per heavy atom. The first-order chi connectivity index (χ1) is 11.6. The van der Waals surface area contributed by atoms with Crippen LogP contribution in [0.2, 0.25) is 0 Å². The zero-order chi connectivity index (χ0) is 18.8. The summed E-state index contributed by atoms with van der Waals surface area (Å²) in [5.74, 6) is -1.57. The summed E-state index contributed by atoms with van der Waals surface area (Å²) in [5, 5.41) is 9.16. The molecule has 0 amide bonds. The molecule has 2 aromatic carbocycles. The van der Waals surface area contributed by atoms with Crippen molar-refractivity contribution in [1.29, 1.82) is 0 Å². The van der Waals surface area contributed by atoms with Crippen LogP contribution in [0.5, 0.6) is 0 Å². The van der Waals surface area contributed by atoms with Gasteiger partial charge in [0.1, 0.15) is 6.04 Å². The van der Waals surface area contributed by atoms with Crippen molar-refractivity contribution in [3.63, 3.8) is 0 Å². The van der Waals surface area contributed by atoms with Crippen LogP contribution in [0, 0.1) is 5.92 Å². The third-order valence-electron chi connectivity index (χ3n) is 3.63. The van der Waals surface area contributed by atoms with Crippen molar-refractivity contribution >= 4 is 77.4 Å². The van der Waals surface area contributed by atoms with Gasteiger partial charge in [-0.2, -0.15) is 4.72 Å². The number of benzene rings is 2. The number of carbonyl (C=O) groups is 1. The van der Waals surface area contributed by atoms with E-state index in [4.69, 9.17) is 5.11 Å². The number of aliphatic carboxylic acids is 1. The van der Waals surface area contributed by atoms with Gasteiger partial charge in [-0.25, -0.2) is 8.42 Å². The molecule has 0 radical (unpaired) electrons. The molecule has 0 aliphatic carbocycles. The van der Waals surface area contributed by atoms with E-state index >= 15 is 0 Å². The van der Waals surface area contributed by atoms with Crippen molar-refractivity contribution < 1.29 is 18.3 Å². The molecule has 9 heteroatoms. The number of hydrogen-bond acceptors (Lipinski definition) is 3. The van der Waals surface area contributed by atoms with Crippen LogP contribution in [0.25, 0.3) is 11.1 Å². The van der Waals surface area contributed by atoms with E-state index in [1.165, 1.54) is 12.1 Å². The summed E-state index contributed by atoms with van der Waals surface area (Å²) in [4.78, 5) is 11.2. The molecule has 2 N–H and O–H groups in total. The number of halogens is 2. The number of hydrogen-bond donors (Lipinski definition) is 2. The second kappa shape index (κ2) is 9.82. The van der Waals surface area contributed by atoms with Crippen molar-refractivity contribution in [3.8, 4) is 11.1 Å². The van der Waals surface area contributed by atoms with Gasteiger partial charge in [-0.15, -0.1) is 0 Å². The molecule has 2 rings (SSSR count). The Kier molecular flexibility index (Phi) is 8.99. The third-order valence-corrected chi connectivity index (χ3v) is 6.97. The fraction of sp³-hybridized carbons (Fsp3) is 0.235. The number of nitrogens with one attached hydrogen (secondary N) is 1. The molecule has 0 heterocycles. The van der Waals surface area contributed by atoms with Crippen molar-refractivity contribution in [1.82, 2.24) is 4.72 Å². The van der Waals surface area contributed by atoms with Crippen molar-refractivity contribution in [2.24, 2.45) is 5.92 Å². The van der Waals surface area contributed by atoms with Gasteiger partial charge >= 0.3 is 35.5 Å². The maximum absolute atomic E-state index is 12.4. The van der Waals surface area contributed by atoms with E-state index in [9.17, 15) is 13.2 Å². The predicted molar refractivity (Wildman–Crippen MR) is 111 cm³/mol. The first kappa shape index (κ1) is 23.8. The van der Waals surface area contributed by atoms with Crippen LogP contribution in [0.3, 0.4) is 0 Å². The summed E-state index contributed by atoms with van der Waals surface area (Å²) in [7, 11) is -3.91. The molecule has 0 saturated carbocycles. The van der Waals surface area contributed by atoms with E-state index < -0.39 is 22.0 Å². The molecule has 0 fully saturated rings. The Morgan fingerprint density at radius 1 is 1.00 bits per heavy atom. The zero-order valence-corrected chi connectivity index (χ0v) is 17.5. The van der Waals surface area contributed by atoms with Gasteiger partial charge < -0.3 is 5.11 Å². The minimum atomic E-state index is -3.91. The van der Waals surface area contributed by atoms with Gasteiger partial charge in [0.2, 0.25) is 10.0 Å². The first-order valence-corrected chi connectivity index (χ1v) is 10.5. The summed E-state index contributed by atoms with van der Waals surface area (Å²) in [6.07, 6.45) is 0. The van der Waals surface area contributed by atoms with Crippen molar-refractivity contribution in [2.75, 3.05) is 0 Å². The Balaban J connectivity index is 0.00000338. The fourth-order valence-electron chi connectivity index (χ4n) is 2.21. The van der Waals surface area contributed by atoms with Gasteiger partial charge in [0.15, 0.2) is 0 Å². The van der Waals surface area contributed by atoms with E-state index in [0.29, 0.717) is 0 Å². The standard InChI is InChI=1S/C17H17Br2NO4S.Na.H/c1-10(2)16(17(21)22)20-25(23,24)13-6-3-11(4-7-13)12-5-8-14(18)15(19)9-12;;/h3-10,16,20H,1-2H3,(H,21,22);;. The SMILES string of the molecule is CC(C)C(NS(=O)(=O)c1ccc(-c2ccc(Br)c(Br)c2)cc1)C(=O)O.[NaH]. The van der Waals surface area contributed by atoms with E-state index in [2.05, 4.69) is 36.6 Å². The minimum absolute atomic E-state index is 0. The van der Waals surface area contributed by atoms with E-state index in [-0.39, 0.29) is 40.4 Å². The zero-order valence-electron chi connectivity index (χ0n) is 13.5. The molecular formula is C17H18Br2NNaO4S. The van der Waals surface area contributed by atoms with Gasteiger partial charge in [0, 0.05) is 8.95 Å². The van der Waals surface area contributed by atoms with Crippen LogP contribution < -0.4 is 4.72 Å². The van der Waals surface area contributed by atoms with Crippen molar-refractivity contribution in [2.45, 2.75) is 24.8 Å². The van der Waals surface area contributed by atoms with Gasteiger partial charge in [-0.1, -0.05) is 32.0 Å². The second-order valence-electron chi connectivity index (χ2n) is 5.83. The monoisotopic (exact) mass is 513 g/mol. The second-order valence-corrected chi connectivity index (χ2v) is 9.26. The molecule has 5 nitrogen and oxygen atoms in total. The first-order valence-electron chi connectivity index (χ1n) is 7.42. The van der Waals surface area contributed by atoms with Gasteiger partial charge in [0.25, 0.3) is 0 Å². The third kappa shape index (κ3) is 5.89. The average Bonchev–Trinajstić information content (AvgIpc) is 2.55. The van der Waals surface area contributed by atoms with E-state index in [1.807, 2.05) is 18.2 Å². The molecule has 2 aromatic rings. The summed E-state index contributed by atoms with van der Waals surface area (Å²) in [6.45, 7) is 3.30. The molecule has 1 atom stereocenters. The normalized spacial score (nSPS) is 12.5. The van der Waals surface area contributed by atoms with E-state index in [0.717, 1.165) is 20.1 Å². The molecule has 26 heavy (non-hydrogen) atoms. The molecule has 0 saturated heterocycles. The number of rotatable bonds is 6. The Bertz CT molecular complexity index is 886. The molecule has 1 unspecified atom stereocenters. The van der Waals surface area contributed by atoms with E-state index in [1.54, 1.807) is 26.0 Å². The van der Waals surface area contributed by atoms with Gasteiger partial charge in [0.05, 0.1) is 4.90 Å². The van der Waals surface area contributed by atoms with Crippen LogP contribution >= 0.6 is 31.9 Å². The van der Waals surface area contributed by atoms with Crippen LogP contribution in [0.15, 0.2) is 56.3 Å². The molecule has 0 spiro atoms. The van der Waals surface area contributed by atoms with Crippen LogP contribution in [-0.2, 0) is 14.8 Å². The molecule has 136 valence electrons. The summed E-state index contributed by atoms with van der Waals surface area (Å²) in [5.41, 5.74) is 1.78. The number of carboxylic acid groups (broad SMARTS) is 1. The van der Waals surface area contributed by atoms with Gasteiger partial charge in [-0.3, -0.25) is 4.79 Å². The summed E-state index contributed by atoms with van der Waals surface area (Å²) < 4.78 is 28.9. The molecule has 0 bridgehead atoms. The van der Waals surface area contributed by atoms with Crippen LogP contribution in [0.1, 0.15) is 13.8 Å². The molecule has 0 aliphatic rings. The van der Waals surface area contributed by atoms with Crippen LogP contribution in [0.4, 0.5) is 0 Å². The fourth-order valence-corrected chi connectivity index (χ4v) is 4.17. The maximum atomic E-state index is 12.4. The van der Waals surface area contributed by atoms with Crippen molar-refractivity contribution in [3.05, 3.63) is 51.4 Å². The molecule has 0 aliphatic heterocycles. The summed E-state index contributed by atoms with van der Waals surface area (Å²) >= 11 is 6.84. The predicted octanol–water partition coefficient (Wildman–Crippen LogP) is 3.62. The van der Waals surface area contributed by atoms with Crippen LogP contribution in [-0.4, -0.2) is 55.1 Å². The summed E-state index contributed by atoms with van der Waals surface area (Å²) in [6, 6.07) is 10.9. The Hall–Kier alpha value is -0.220. The Morgan fingerprint density at radius 3 is 2.00 bits per heavy atom. The number of carboxylic acids is 1. The van der Waals surface area contributed by atoms with Gasteiger partial charge in [-0.05, 0) is 73.2 Å².